The van der Waals surface area contributed by atoms with Crippen molar-refractivity contribution in [2.75, 3.05) is 7.05 Å². The molecule has 1 nitrogen and oxygen atoms in total. The van der Waals surface area contributed by atoms with Gasteiger partial charge in [0.05, 0.1) is 0 Å². The molecule has 1 aromatic rings. The molecule has 1 heteroatoms. The van der Waals surface area contributed by atoms with Crippen molar-refractivity contribution in [3.05, 3.63) is 41.5 Å². The molecule has 0 aromatic heterocycles. The molecule has 0 saturated carbocycles. The van der Waals surface area contributed by atoms with Crippen LogP contribution in [0.4, 0.5) is 0 Å². The van der Waals surface area contributed by atoms with Gasteiger partial charge in [0.25, 0.3) is 0 Å². The van der Waals surface area contributed by atoms with E-state index in [1.54, 1.807) is 0 Å². The van der Waals surface area contributed by atoms with Gasteiger partial charge in [-0.25, -0.2) is 0 Å². The Morgan fingerprint density at radius 2 is 1.92 bits per heavy atom. The second-order valence-electron chi connectivity index (χ2n) is 3.31. The molecule has 0 bridgehead atoms. The average Bonchev–Trinajstić information content (AvgIpc) is 2.18. The highest BCUT2D eigenvalue weighted by Crippen LogP contribution is 2.08. The van der Waals surface area contributed by atoms with Crippen LogP contribution in [0.3, 0.4) is 0 Å². The first kappa shape index (κ1) is 10.0. The van der Waals surface area contributed by atoms with Gasteiger partial charge in [-0.05, 0) is 26.5 Å². The van der Waals surface area contributed by atoms with Gasteiger partial charge in [-0.1, -0.05) is 42.0 Å². The second kappa shape index (κ2) is 4.83. The molecule has 13 heavy (non-hydrogen) atoms. The molecule has 0 aliphatic rings. The minimum absolute atomic E-state index is 0.445. The van der Waals surface area contributed by atoms with Crippen molar-refractivity contribution >= 4 is 6.08 Å². The fourth-order valence-electron chi connectivity index (χ4n) is 1.16. The van der Waals surface area contributed by atoms with Crippen LogP contribution in [0.5, 0.6) is 0 Å². The Balaban J connectivity index is 2.77. The standard InChI is InChI=1S/C12H17N/c1-10(11(2)13-3)9-12-7-5-4-6-8-12/h4-9,11,13H,1-3H3/b10-9+. The smallest absolute Gasteiger partial charge is 0.0248 e. The predicted octanol–water partition coefficient (Wildman–Crippen LogP) is 2.70. The van der Waals surface area contributed by atoms with E-state index in [2.05, 4.69) is 49.5 Å². The highest BCUT2D eigenvalue weighted by Gasteiger charge is 1.99. The molecule has 70 valence electrons. The Kier molecular flexibility index (Phi) is 3.71. The van der Waals surface area contributed by atoms with Gasteiger partial charge in [-0.2, -0.15) is 0 Å². The summed E-state index contributed by atoms with van der Waals surface area (Å²) in [5, 5.41) is 3.22. The lowest BCUT2D eigenvalue weighted by atomic mass is 10.1. The fourth-order valence-corrected chi connectivity index (χ4v) is 1.16. The number of likely N-dealkylation sites (N-methyl/N-ethyl adjacent to an activating group) is 1. The third-order valence-electron chi connectivity index (χ3n) is 2.31. The summed E-state index contributed by atoms with van der Waals surface area (Å²) in [5.41, 5.74) is 2.62. The van der Waals surface area contributed by atoms with Gasteiger partial charge in [0.1, 0.15) is 0 Å². The normalized spacial score (nSPS) is 14.2. The summed E-state index contributed by atoms with van der Waals surface area (Å²) in [6.45, 7) is 4.31. The third-order valence-corrected chi connectivity index (χ3v) is 2.31. The quantitative estimate of drug-likeness (QED) is 0.744. The zero-order valence-corrected chi connectivity index (χ0v) is 8.54. The van der Waals surface area contributed by atoms with Crippen LogP contribution in [0.25, 0.3) is 6.08 Å². The zero-order chi connectivity index (χ0) is 9.68. The Morgan fingerprint density at radius 3 is 2.46 bits per heavy atom. The van der Waals surface area contributed by atoms with E-state index >= 15 is 0 Å². The van der Waals surface area contributed by atoms with Gasteiger partial charge in [0.15, 0.2) is 0 Å². The summed E-state index contributed by atoms with van der Waals surface area (Å²) in [4.78, 5) is 0. The third kappa shape index (κ3) is 3.03. The van der Waals surface area contributed by atoms with Crippen molar-refractivity contribution < 1.29 is 0 Å². The van der Waals surface area contributed by atoms with Crippen LogP contribution in [0.1, 0.15) is 19.4 Å². The van der Waals surface area contributed by atoms with Crippen molar-refractivity contribution in [3.63, 3.8) is 0 Å². The molecule has 0 saturated heterocycles. The van der Waals surface area contributed by atoms with Crippen molar-refractivity contribution in [2.45, 2.75) is 19.9 Å². The number of rotatable bonds is 3. The van der Waals surface area contributed by atoms with Crippen LogP contribution < -0.4 is 5.32 Å². The number of hydrogen-bond acceptors (Lipinski definition) is 1. The summed E-state index contributed by atoms with van der Waals surface area (Å²) in [6.07, 6.45) is 2.21. The molecule has 1 rings (SSSR count). The van der Waals surface area contributed by atoms with Crippen LogP contribution in [0, 0.1) is 0 Å². The molecule has 0 aliphatic carbocycles. The van der Waals surface area contributed by atoms with Crippen molar-refractivity contribution in [3.8, 4) is 0 Å². The lowest BCUT2D eigenvalue weighted by Crippen LogP contribution is -2.21. The summed E-state index contributed by atoms with van der Waals surface area (Å²) in [5.74, 6) is 0. The van der Waals surface area contributed by atoms with E-state index in [0.717, 1.165) is 0 Å². The van der Waals surface area contributed by atoms with Gasteiger partial charge < -0.3 is 5.32 Å². The molecular formula is C12H17N. The van der Waals surface area contributed by atoms with Gasteiger partial charge in [0.2, 0.25) is 0 Å². The summed E-state index contributed by atoms with van der Waals surface area (Å²) in [6, 6.07) is 10.8. The predicted molar refractivity (Wildman–Crippen MR) is 58.6 cm³/mol. The van der Waals surface area contributed by atoms with Gasteiger partial charge >= 0.3 is 0 Å². The Hall–Kier alpha value is -1.08. The van der Waals surface area contributed by atoms with Crippen molar-refractivity contribution in [1.29, 1.82) is 0 Å². The highest BCUT2D eigenvalue weighted by atomic mass is 14.8. The Labute approximate surface area is 80.5 Å². The average molecular weight is 175 g/mol. The summed E-state index contributed by atoms with van der Waals surface area (Å²) in [7, 11) is 1.98. The molecule has 0 aliphatic heterocycles. The fraction of sp³-hybridized carbons (Fsp3) is 0.333. The van der Waals surface area contributed by atoms with Crippen LogP contribution in [-0.2, 0) is 0 Å². The minimum Gasteiger partial charge on any atom is -0.314 e. The van der Waals surface area contributed by atoms with Crippen molar-refractivity contribution in [2.24, 2.45) is 0 Å². The zero-order valence-electron chi connectivity index (χ0n) is 8.54. The van der Waals surface area contributed by atoms with E-state index in [4.69, 9.17) is 0 Å². The maximum atomic E-state index is 3.22. The van der Waals surface area contributed by atoms with Crippen LogP contribution >= 0.6 is 0 Å². The van der Waals surface area contributed by atoms with E-state index in [1.165, 1.54) is 11.1 Å². The molecule has 1 unspecified atom stereocenters. The second-order valence-corrected chi connectivity index (χ2v) is 3.31. The Bertz CT molecular complexity index is 274. The summed E-state index contributed by atoms with van der Waals surface area (Å²) >= 11 is 0. The van der Waals surface area contributed by atoms with Crippen molar-refractivity contribution in [1.82, 2.24) is 5.32 Å². The molecule has 1 N–H and O–H groups in total. The maximum absolute atomic E-state index is 3.22. The first-order valence-corrected chi connectivity index (χ1v) is 4.64. The highest BCUT2D eigenvalue weighted by molar-refractivity contribution is 5.53. The van der Waals surface area contributed by atoms with Crippen LogP contribution in [-0.4, -0.2) is 13.1 Å². The van der Waals surface area contributed by atoms with Gasteiger partial charge in [-0.15, -0.1) is 0 Å². The minimum atomic E-state index is 0.445. The molecule has 0 amide bonds. The molecule has 1 aromatic carbocycles. The van der Waals surface area contributed by atoms with E-state index in [0.29, 0.717) is 6.04 Å². The Morgan fingerprint density at radius 1 is 1.31 bits per heavy atom. The van der Waals surface area contributed by atoms with Gasteiger partial charge in [-0.3, -0.25) is 0 Å². The molecule has 0 spiro atoms. The lowest BCUT2D eigenvalue weighted by Gasteiger charge is -2.10. The topological polar surface area (TPSA) is 12.0 Å². The number of hydrogen-bond donors (Lipinski definition) is 1. The molecular weight excluding hydrogens is 158 g/mol. The van der Waals surface area contributed by atoms with E-state index in [9.17, 15) is 0 Å². The summed E-state index contributed by atoms with van der Waals surface area (Å²) < 4.78 is 0. The largest absolute Gasteiger partial charge is 0.314 e. The first-order valence-electron chi connectivity index (χ1n) is 4.64. The molecule has 1 atom stereocenters. The van der Waals surface area contributed by atoms with Gasteiger partial charge in [0, 0.05) is 6.04 Å². The SMILES string of the molecule is CNC(C)/C(C)=C/c1ccccc1. The lowest BCUT2D eigenvalue weighted by molar-refractivity contribution is 0.696. The number of nitrogens with one attached hydrogen (secondary N) is 1. The molecule has 0 fully saturated rings. The van der Waals surface area contributed by atoms with E-state index in [-0.39, 0.29) is 0 Å². The first-order chi connectivity index (χ1) is 6.24. The van der Waals surface area contributed by atoms with Crippen LogP contribution in [0.2, 0.25) is 0 Å². The monoisotopic (exact) mass is 175 g/mol. The van der Waals surface area contributed by atoms with E-state index in [1.807, 2.05) is 13.1 Å². The number of benzene rings is 1. The molecule has 0 heterocycles. The maximum Gasteiger partial charge on any atom is 0.0248 e. The van der Waals surface area contributed by atoms with Crippen LogP contribution in [0.15, 0.2) is 35.9 Å². The van der Waals surface area contributed by atoms with E-state index < -0.39 is 0 Å². The molecule has 0 radical (unpaired) electrons.